The fourth-order valence-electron chi connectivity index (χ4n) is 3.19. The van der Waals surface area contributed by atoms with E-state index < -0.39 is 5.97 Å². The van der Waals surface area contributed by atoms with Gasteiger partial charge in [-0.05, 0) is 43.2 Å². The number of aromatic nitrogens is 2. The third-order valence-electron chi connectivity index (χ3n) is 4.89. The molecule has 3 aromatic rings. The summed E-state index contributed by atoms with van der Waals surface area (Å²) in [5, 5.41) is 0.596. The van der Waals surface area contributed by atoms with Gasteiger partial charge in [-0.25, -0.2) is 14.8 Å². The maximum atomic E-state index is 12.3. The molecule has 3 rings (SSSR count). The molecule has 0 aliphatic rings. The number of nitrogens with zero attached hydrogens (tertiary/aromatic N) is 3. The summed E-state index contributed by atoms with van der Waals surface area (Å²) in [6.45, 7) is 0.303. The minimum atomic E-state index is -0.467. The lowest BCUT2D eigenvalue weighted by Gasteiger charge is -2.23. The Morgan fingerprint density at radius 2 is 1.61 bits per heavy atom. The van der Waals surface area contributed by atoms with Gasteiger partial charge < -0.3 is 9.47 Å². The van der Waals surface area contributed by atoms with Gasteiger partial charge in [0.05, 0.1) is 25.0 Å². The van der Waals surface area contributed by atoms with Crippen molar-refractivity contribution in [1.82, 2.24) is 9.97 Å². The Hall–Kier alpha value is -3.45. The summed E-state index contributed by atoms with van der Waals surface area (Å²) in [7, 11) is 1.38. The Balaban J connectivity index is 1.59. The van der Waals surface area contributed by atoms with E-state index in [0.717, 1.165) is 37.1 Å². The number of methoxy groups -OCH3 is 1. The van der Waals surface area contributed by atoms with E-state index in [2.05, 4.69) is 14.7 Å². The molecule has 1 aromatic heterocycles. The lowest BCUT2D eigenvalue weighted by atomic mass is 10.1. The summed E-state index contributed by atoms with van der Waals surface area (Å²) < 4.78 is 9.93. The van der Waals surface area contributed by atoms with Crippen molar-refractivity contribution in [3.63, 3.8) is 0 Å². The first-order chi connectivity index (χ1) is 16.1. The predicted octanol–water partition coefficient (Wildman–Crippen LogP) is 5.88. The molecule has 2 aromatic carbocycles. The van der Waals surface area contributed by atoms with Gasteiger partial charge in [-0.15, -0.1) is 0 Å². The van der Waals surface area contributed by atoms with Gasteiger partial charge in [0.25, 0.3) is 0 Å². The molecule has 0 unspecified atom stereocenters. The molecule has 8 heteroatoms. The summed E-state index contributed by atoms with van der Waals surface area (Å²) in [5.41, 5.74) is 1.95. The van der Waals surface area contributed by atoms with Crippen molar-refractivity contribution in [2.45, 2.75) is 32.1 Å². The minimum absolute atomic E-state index is 0.203. The van der Waals surface area contributed by atoms with Crippen molar-refractivity contribution in [3.05, 3.63) is 77.6 Å². The topological polar surface area (TPSA) is 81.6 Å². The average Bonchev–Trinajstić information content (AvgIpc) is 2.84. The molecule has 0 bridgehead atoms. The zero-order valence-electron chi connectivity index (χ0n) is 18.4. The highest BCUT2D eigenvalue weighted by Gasteiger charge is 2.16. The van der Waals surface area contributed by atoms with Crippen LogP contribution in [0.15, 0.2) is 67.0 Å². The van der Waals surface area contributed by atoms with Crippen LogP contribution >= 0.6 is 11.6 Å². The van der Waals surface area contributed by atoms with E-state index in [4.69, 9.17) is 16.3 Å². The number of rotatable bonds is 11. The third-order valence-corrected chi connectivity index (χ3v) is 5.13. The summed E-state index contributed by atoms with van der Waals surface area (Å²) in [6.07, 6.45) is 6.57. The molecule has 0 aliphatic heterocycles. The number of hydrogen-bond acceptors (Lipinski definition) is 7. The van der Waals surface area contributed by atoms with Crippen molar-refractivity contribution >= 4 is 40.9 Å². The molecule has 0 saturated carbocycles. The number of anilines is 3. The first kappa shape index (κ1) is 24.2. The van der Waals surface area contributed by atoms with E-state index in [1.807, 2.05) is 53.4 Å². The number of halogens is 1. The van der Waals surface area contributed by atoms with E-state index >= 15 is 0 Å². The lowest BCUT2D eigenvalue weighted by molar-refractivity contribution is -0.140. The van der Waals surface area contributed by atoms with Gasteiger partial charge in [-0.3, -0.25) is 9.69 Å². The summed E-state index contributed by atoms with van der Waals surface area (Å²) in [5.74, 6) is -0.262. The molecule has 0 spiro atoms. The summed E-state index contributed by atoms with van der Waals surface area (Å²) in [6, 6.07) is 17.1. The Kier molecular flexibility index (Phi) is 9.20. The van der Waals surface area contributed by atoms with Crippen LogP contribution in [0.3, 0.4) is 0 Å². The minimum Gasteiger partial charge on any atom is -0.469 e. The van der Waals surface area contributed by atoms with E-state index in [0.29, 0.717) is 24.0 Å². The molecule has 0 atom stereocenters. The Bertz CT molecular complexity index is 1050. The van der Waals surface area contributed by atoms with E-state index in [1.54, 1.807) is 6.07 Å². The van der Waals surface area contributed by atoms with Crippen LogP contribution in [0.25, 0.3) is 0 Å². The van der Waals surface area contributed by atoms with Crippen LogP contribution in [0, 0.1) is 0 Å². The fraction of sp³-hybridized carbons (Fsp3) is 0.280. The second-order valence-corrected chi connectivity index (χ2v) is 7.74. The predicted molar refractivity (Wildman–Crippen MR) is 127 cm³/mol. The normalized spacial score (nSPS) is 10.5. The van der Waals surface area contributed by atoms with E-state index in [9.17, 15) is 9.59 Å². The molecular weight excluding hydrogens is 442 g/mol. The van der Waals surface area contributed by atoms with Crippen LogP contribution in [0.2, 0.25) is 5.02 Å². The maximum Gasteiger partial charge on any atom is 0.341 e. The lowest BCUT2D eigenvalue weighted by Crippen LogP contribution is -2.14. The highest BCUT2D eigenvalue weighted by molar-refractivity contribution is 6.30. The van der Waals surface area contributed by atoms with Crippen LogP contribution in [-0.2, 0) is 14.3 Å². The van der Waals surface area contributed by atoms with E-state index in [1.165, 1.54) is 19.5 Å². The third kappa shape index (κ3) is 7.29. The standard InChI is InChI=1S/C25H26ClN3O4/c1-32-23(30)14-7-2-3-8-15-33-24(31)19-17-27-25(28-18-19)29(21-11-5-4-6-12-21)22-13-9-10-20(26)16-22/h4-6,9-13,16-18H,2-3,7-8,14-15H2,1H3. The quantitative estimate of drug-likeness (QED) is 0.257. The first-order valence-corrected chi connectivity index (χ1v) is 11.1. The molecule has 0 aliphatic carbocycles. The number of carbonyl (C=O) groups excluding carboxylic acids is 2. The Morgan fingerprint density at radius 3 is 2.30 bits per heavy atom. The largest absolute Gasteiger partial charge is 0.469 e. The Morgan fingerprint density at radius 1 is 0.909 bits per heavy atom. The SMILES string of the molecule is COC(=O)CCCCCCOC(=O)c1cnc(N(c2ccccc2)c2cccc(Cl)c2)nc1. The molecule has 172 valence electrons. The second-order valence-electron chi connectivity index (χ2n) is 7.30. The molecule has 0 N–H and O–H groups in total. The van der Waals surface area contributed by atoms with Crippen molar-refractivity contribution in [3.8, 4) is 0 Å². The number of para-hydroxylation sites is 1. The van der Waals surface area contributed by atoms with Gasteiger partial charge in [0.1, 0.15) is 0 Å². The molecule has 0 radical (unpaired) electrons. The molecular formula is C25H26ClN3O4. The van der Waals surface area contributed by atoms with Crippen LogP contribution in [0.4, 0.5) is 17.3 Å². The van der Waals surface area contributed by atoms with Crippen LogP contribution in [0.1, 0.15) is 42.5 Å². The van der Waals surface area contributed by atoms with Crippen molar-refractivity contribution in [2.24, 2.45) is 0 Å². The number of ether oxygens (including phenoxy) is 2. The average molecular weight is 468 g/mol. The summed E-state index contributed by atoms with van der Waals surface area (Å²) in [4.78, 5) is 34.1. The van der Waals surface area contributed by atoms with Crippen molar-refractivity contribution < 1.29 is 19.1 Å². The number of carbonyl (C=O) groups is 2. The molecule has 33 heavy (non-hydrogen) atoms. The van der Waals surface area contributed by atoms with Crippen molar-refractivity contribution in [1.29, 1.82) is 0 Å². The molecule has 0 amide bonds. The zero-order chi connectivity index (χ0) is 23.5. The van der Waals surface area contributed by atoms with Gasteiger partial charge in [-0.1, -0.05) is 48.7 Å². The second kappa shape index (κ2) is 12.6. The molecule has 0 fully saturated rings. The molecule has 0 saturated heterocycles. The van der Waals surface area contributed by atoms with Crippen LogP contribution in [0.5, 0.6) is 0 Å². The van der Waals surface area contributed by atoms with Crippen LogP contribution in [-0.4, -0.2) is 35.6 Å². The number of benzene rings is 2. The Labute approximate surface area is 198 Å². The monoisotopic (exact) mass is 467 g/mol. The van der Waals surface area contributed by atoms with Gasteiger partial charge in [0.2, 0.25) is 5.95 Å². The highest BCUT2D eigenvalue weighted by atomic mass is 35.5. The first-order valence-electron chi connectivity index (χ1n) is 10.7. The van der Waals surface area contributed by atoms with Crippen molar-refractivity contribution in [2.75, 3.05) is 18.6 Å². The smallest absolute Gasteiger partial charge is 0.341 e. The number of esters is 2. The van der Waals surface area contributed by atoms with E-state index in [-0.39, 0.29) is 11.5 Å². The number of unbranched alkanes of at least 4 members (excludes halogenated alkanes) is 3. The maximum absolute atomic E-state index is 12.3. The zero-order valence-corrected chi connectivity index (χ0v) is 19.2. The van der Waals surface area contributed by atoms with Gasteiger partial charge in [0.15, 0.2) is 0 Å². The van der Waals surface area contributed by atoms with Crippen LogP contribution < -0.4 is 4.90 Å². The summed E-state index contributed by atoms with van der Waals surface area (Å²) >= 11 is 6.19. The van der Waals surface area contributed by atoms with Gasteiger partial charge in [-0.2, -0.15) is 0 Å². The van der Waals surface area contributed by atoms with Gasteiger partial charge in [0, 0.05) is 29.5 Å². The van der Waals surface area contributed by atoms with Gasteiger partial charge >= 0.3 is 11.9 Å². The highest BCUT2D eigenvalue weighted by Crippen LogP contribution is 2.32. The molecule has 1 heterocycles. The number of hydrogen-bond donors (Lipinski definition) is 0. The molecule has 7 nitrogen and oxygen atoms in total. The fourth-order valence-corrected chi connectivity index (χ4v) is 3.37.